The molecule has 5 aromatic carbocycles. The van der Waals surface area contributed by atoms with Gasteiger partial charge in [-0.1, -0.05) is 138 Å². The van der Waals surface area contributed by atoms with Gasteiger partial charge in [0.05, 0.1) is 57.6 Å². The van der Waals surface area contributed by atoms with E-state index in [-0.39, 0.29) is 6.54 Å². The summed E-state index contributed by atoms with van der Waals surface area (Å²) in [7, 11) is 0. The molecule has 5 aromatic heterocycles. The molecule has 0 bridgehead atoms. The van der Waals surface area contributed by atoms with E-state index in [1.165, 1.54) is 66.9 Å². The molecule has 8 N–H and O–H groups in total. The molecule has 0 aliphatic rings. The second kappa shape index (κ2) is 30.4. The minimum Gasteiger partial charge on any atom is -0.444 e. The van der Waals surface area contributed by atoms with Crippen LogP contribution in [-0.4, -0.2) is 71.7 Å². The molecule has 0 aliphatic heterocycles. The van der Waals surface area contributed by atoms with Crippen LogP contribution in [0.1, 0.15) is 111 Å². The van der Waals surface area contributed by atoms with Gasteiger partial charge in [-0.15, -0.1) is 0 Å². The van der Waals surface area contributed by atoms with Gasteiger partial charge in [0.25, 0.3) is 0 Å². The zero-order valence-electron chi connectivity index (χ0n) is 51.2. The molecule has 10 rings (SSSR count). The number of azide groups is 1. The van der Waals surface area contributed by atoms with Crippen molar-refractivity contribution >= 4 is 174 Å². The van der Waals surface area contributed by atoms with Crippen LogP contribution in [0, 0.1) is 13.8 Å². The number of thiazole rings is 5. The number of alkyl halides is 1. The number of nitrogen functional groups attached to an aromatic ring is 1. The number of halogens is 1. The number of fused-ring (bicyclic) bond motifs is 5. The predicted octanol–water partition coefficient (Wildman–Crippen LogP) is 18.2. The maximum atomic E-state index is 11.7. The number of aryl methyl sites for hydroxylation is 2. The van der Waals surface area contributed by atoms with Gasteiger partial charge in [0, 0.05) is 16.8 Å². The van der Waals surface area contributed by atoms with Gasteiger partial charge in [-0.2, -0.15) is 0 Å². The van der Waals surface area contributed by atoms with Gasteiger partial charge in [-0.3, -0.25) is 21.3 Å². The number of amides is 4. The highest BCUT2D eigenvalue weighted by Crippen LogP contribution is 2.33. The van der Waals surface area contributed by atoms with Crippen LogP contribution in [0.2, 0.25) is 0 Å². The third-order valence-corrected chi connectivity index (χ3v) is 16.1. The molecule has 0 fully saturated rings. The molecular formula is C60H71BrN14O8S5. The quantitative estimate of drug-likeness (QED) is 0.0271. The largest absolute Gasteiger partial charge is 0.444 e. The summed E-state index contributed by atoms with van der Waals surface area (Å²) >= 11 is 10.6. The van der Waals surface area contributed by atoms with Crippen LogP contribution in [-0.2, 0) is 37.4 Å². The fourth-order valence-corrected chi connectivity index (χ4v) is 12.4. The van der Waals surface area contributed by atoms with Crippen LogP contribution in [0.3, 0.4) is 0 Å². The monoisotopic (exact) mass is 1350 g/mol. The highest BCUT2D eigenvalue weighted by molar-refractivity contribution is 9.08. The van der Waals surface area contributed by atoms with Crippen molar-refractivity contribution in [3.05, 3.63) is 129 Å². The Kier molecular flexibility index (Phi) is 23.9. The lowest BCUT2D eigenvalue weighted by Crippen LogP contribution is -2.27. The average Bonchev–Trinajstić information content (AvgIpc) is 4.44. The molecule has 0 saturated carbocycles. The topological polar surface area (TPSA) is 319 Å². The first kappa shape index (κ1) is 69.3. The Morgan fingerprint density at radius 1 is 0.477 bits per heavy atom. The number of anilines is 5. The van der Waals surface area contributed by atoms with Crippen molar-refractivity contribution in [3.8, 4) is 0 Å². The first-order chi connectivity index (χ1) is 41.3. The lowest BCUT2D eigenvalue weighted by atomic mass is 10.2. The first-order valence-corrected chi connectivity index (χ1v) is 32.4. The number of rotatable bonds is 8. The van der Waals surface area contributed by atoms with Crippen LogP contribution < -0.4 is 32.7 Å². The maximum absolute atomic E-state index is 11.7. The van der Waals surface area contributed by atoms with Crippen LogP contribution in [0.4, 0.5) is 44.8 Å². The smallest absolute Gasteiger partial charge is 0.413 e. The summed E-state index contributed by atoms with van der Waals surface area (Å²) in [6.45, 7) is 26.5. The Labute approximate surface area is 537 Å². The standard InChI is InChI=1S/C13H15BrN2O2S.C13H15N5O2S.C13H17N3O2S.C13H16N2O2S.C8H8N2S/c1-13(2,3)18-12(17)16-11-15-10-8(7-14)5-4-6-9(10)19-11;1-13(2,3)20-12(19)17-11-16-10-8(7-15-18-14)5-4-6-9(10)21-11;1-13(2,3)18-12(17)16-11-15-10-8(7-14)5-4-6-9(10)19-11;1-8-6-5-7-9-10(8)14-11(18-9)15-12(16)17-13(2,3)4;1-5-3-2-4-6-7(5)10-8(9)11-6/h4-6H,7H2,1-3H3,(H,15,16,17);4-6H,7H2,1-3H3,(H,16,17,19);4-6H,7,14H2,1-3H3,(H,15,16,17);5-7H,1-4H3,(H,14,15,16);2-4H,1H3,(H2,9,10). The summed E-state index contributed by atoms with van der Waals surface area (Å²) in [5, 5.41) is 17.6. The molecule has 0 aliphatic carbocycles. The molecule has 0 radical (unpaired) electrons. The van der Waals surface area contributed by atoms with E-state index in [0.29, 0.717) is 32.2 Å². The molecule has 88 heavy (non-hydrogen) atoms. The van der Waals surface area contributed by atoms with Crippen molar-refractivity contribution in [1.29, 1.82) is 0 Å². The summed E-state index contributed by atoms with van der Waals surface area (Å²) in [6, 6.07) is 29.5. The van der Waals surface area contributed by atoms with E-state index in [1.807, 2.05) is 167 Å². The number of ether oxygens (including phenoxy) is 4. The zero-order valence-corrected chi connectivity index (χ0v) is 56.9. The third kappa shape index (κ3) is 21.8. The fraction of sp³-hybridized carbons (Fsp3) is 0.350. The van der Waals surface area contributed by atoms with Crippen molar-refractivity contribution in [2.75, 3.05) is 27.0 Å². The number of aromatic nitrogens is 5. The highest BCUT2D eigenvalue weighted by atomic mass is 79.9. The molecule has 466 valence electrons. The molecule has 0 saturated heterocycles. The van der Waals surface area contributed by atoms with E-state index in [0.717, 1.165) is 74.0 Å². The number of nitrogens with one attached hydrogen (secondary N) is 4. The summed E-state index contributed by atoms with van der Waals surface area (Å²) in [5.41, 5.74) is 27.1. The second-order valence-electron chi connectivity index (χ2n) is 23.0. The molecule has 0 unspecified atom stereocenters. The Bertz CT molecular complexity index is 4000. The Morgan fingerprint density at radius 3 is 1.10 bits per heavy atom. The number of para-hydroxylation sites is 5. The lowest BCUT2D eigenvalue weighted by molar-refractivity contribution is 0.0624. The molecule has 22 nitrogen and oxygen atoms in total. The van der Waals surface area contributed by atoms with E-state index in [9.17, 15) is 19.2 Å². The molecule has 4 amide bonds. The Hall–Kier alpha value is -7.82. The van der Waals surface area contributed by atoms with Gasteiger partial charge < -0.3 is 30.4 Å². The van der Waals surface area contributed by atoms with Crippen LogP contribution in [0.15, 0.2) is 96.1 Å². The van der Waals surface area contributed by atoms with Gasteiger partial charge in [-0.25, -0.2) is 44.1 Å². The summed E-state index contributed by atoms with van der Waals surface area (Å²) in [5.74, 6) is 0. The summed E-state index contributed by atoms with van der Waals surface area (Å²) < 4.78 is 25.9. The number of nitrogens with zero attached hydrogens (tertiary/aromatic N) is 8. The van der Waals surface area contributed by atoms with Crippen molar-refractivity contribution in [3.63, 3.8) is 0 Å². The summed E-state index contributed by atoms with van der Waals surface area (Å²) in [6.07, 6.45) is -2.00. The predicted molar refractivity (Wildman–Crippen MR) is 365 cm³/mol. The summed E-state index contributed by atoms with van der Waals surface area (Å²) in [4.78, 5) is 71.2. The lowest BCUT2D eigenvalue weighted by Gasteiger charge is -2.18. The minimum atomic E-state index is -0.562. The Balaban J connectivity index is 0.000000177. The highest BCUT2D eigenvalue weighted by Gasteiger charge is 2.22. The van der Waals surface area contributed by atoms with Crippen molar-refractivity contribution in [2.24, 2.45) is 10.8 Å². The SMILES string of the molecule is CC(C)(C)OC(=O)Nc1nc2c(CBr)cccc2s1.CC(C)(C)OC(=O)Nc1nc2c(CN)cccc2s1.CC(C)(C)OC(=O)Nc1nc2c(CN=[N+]=[N-])cccc2s1.Cc1cccc2sc(N)nc12.Cc1cccc2sc(NC(=O)OC(C)(C)C)nc12. The number of hydrogen-bond acceptors (Lipinski definition) is 21. The maximum Gasteiger partial charge on any atom is 0.413 e. The van der Waals surface area contributed by atoms with E-state index in [1.54, 1.807) is 20.8 Å². The normalized spacial score (nSPS) is 11.3. The van der Waals surface area contributed by atoms with Crippen molar-refractivity contribution < 1.29 is 38.1 Å². The Morgan fingerprint density at radius 2 is 0.773 bits per heavy atom. The molecule has 0 atom stereocenters. The van der Waals surface area contributed by atoms with E-state index < -0.39 is 46.8 Å². The van der Waals surface area contributed by atoms with E-state index in [4.69, 9.17) is 35.9 Å². The van der Waals surface area contributed by atoms with Gasteiger partial charge in [0.15, 0.2) is 25.7 Å². The van der Waals surface area contributed by atoms with Crippen molar-refractivity contribution in [1.82, 2.24) is 24.9 Å². The van der Waals surface area contributed by atoms with Crippen LogP contribution in [0.5, 0.6) is 0 Å². The number of hydrogen-bond donors (Lipinski definition) is 6. The van der Waals surface area contributed by atoms with Gasteiger partial charge in [0.2, 0.25) is 0 Å². The molecule has 28 heteroatoms. The molecule has 10 aromatic rings. The number of carbonyl (C=O) groups excluding carboxylic acids is 4. The molecule has 5 heterocycles. The number of nitrogens with two attached hydrogens (primary N) is 2. The second-order valence-corrected chi connectivity index (χ2v) is 28.7. The van der Waals surface area contributed by atoms with Crippen LogP contribution in [0.25, 0.3) is 61.5 Å². The first-order valence-electron chi connectivity index (χ1n) is 27.2. The number of benzene rings is 5. The fourth-order valence-electron chi connectivity index (χ4n) is 7.49. The van der Waals surface area contributed by atoms with E-state index in [2.05, 4.69) is 72.1 Å². The third-order valence-electron chi connectivity index (χ3n) is 10.9. The van der Waals surface area contributed by atoms with Gasteiger partial charge >= 0.3 is 24.4 Å². The molecule has 0 spiro atoms. The van der Waals surface area contributed by atoms with Gasteiger partial charge in [-0.05, 0) is 161 Å². The average molecular weight is 1360 g/mol. The van der Waals surface area contributed by atoms with Crippen LogP contribution >= 0.6 is 72.6 Å². The molecular weight excluding hydrogens is 1280 g/mol. The van der Waals surface area contributed by atoms with Gasteiger partial charge in [0.1, 0.15) is 22.4 Å². The number of carbonyl (C=O) groups is 4. The van der Waals surface area contributed by atoms with E-state index >= 15 is 0 Å². The zero-order chi connectivity index (χ0) is 64.7. The minimum absolute atomic E-state index is 0.226. The van der Waals surface area contributed by atoms with Crippen molar-refractivity contribution in [2.45, 2.75) is 138 Å².